The molecule has 0 radical (unpaired) electrons. The molecule has 5 nitrogen and oxygen atoms in total. The standard InChI is InChI=1S/C14H24N2O3S2/c1-11-13(8-12(9-15)19-11)21(17,18)16-10-14(20-2)6-4-3-5-7-14/h8,16H,3-7,9-10,15H2,1-2H3. The Balaban J connectivity index is 2.11. The van der Waals surface area contributed by atoms with Crippen LogP contribution in [0.25, 0.3) is 0 Å². The van der Waals surface area contributed by atoms with Crippen LogP contribution < -0.4 is 10.5 Å². The van der Waals surface area contributed by atoms with Crippen molar-refractivity contribution in [1.29, 1.82) is 0 Å². The summed E-state index contributed by atoms with van der Waals surface area (Å²) in [5.74, 6) is 0.884. The monoisotopic (exact) mass is 332 g/mol. The zero-order valence-electron chi connectivity index (χ0n) is 12.6. The molecule has 3 N–H and O–H groups in total. The van der Waals surface area contributed by atoms with Crippen molar-refractivity contribution in [3.8, 4) is 0 Å². The molecule has 0 atom stereocenters. The summed E-state index contributed by atoms with van der Waals surface area (Å²) in [6.07, 6.45) is 7.78. The summed E-state index contributed by atoms with van der Waals surface area (Å²) in [6.45, 7) is 2.32. The van der Waals surface area contributed by atoms with Crippen LogP contribution in [0, 0.1) is 6.92 Å². The average Bonchev–Trinajstić information content (AvgIpc) is 2.88. The minimum atomic E-state index is -3.54. The fourth-order valence-electron chi connectivity index (χ4n) is 2.85. The Kier molecular flexibility index (Phi) is 5.40. The van der Waals surface area contributed by atoms with Crippen LogP contribution >= 0.6 is 11.8 Å². The highest BCUT2D eigenvalue weighted by molar-refractivity contribution is 8.00. The van der Waals surface area contributed by atoms with E-state index in [0.29, 0.717) is 18.1 Å². The molecule has 0 bridgehead atoms. The van der Waals surface area contributed by atoms with Crippen molar-refractivity contribution in [3.05, 3.63) is 17.6 Å². The number of sulfonamides is 1. The second-order valence-corrected chi connectivity index (χ2v) is 8.62. The van der Waals surface area contributed by atoms with E-state index in [2.05, 4.69) is 11.0 Å². The fraction of sp³-hybridized carbons (Fsp3) is 0.714. The lowest BCUT2D eigenvalue weighted by molar-refractivity contribution is 0.394. The highest BCUT2D eigenvalue weighted by Crippen LogP contribution is 2.38. The van der Waals surface area contributed by atoms with Gasteiger partial charge in [-0.25, -0.2) is 13.1 Å². The molecule has 120 valence electrons. The first-order valence-corrected chi connectivity index (χ1v) is 9.97. The van der Waals surface area contributed by atoms with E-state index in [4.69, 9.17) is 10.2 Å². The van der Waals surface area contributed by atoms with E-state index in [0.717, 1.165) is 12.8 Å². The molecule has 1 heterocycles. The number of thioether (sulfide) groups is 1. The van der Waals surface area contributed by atoms with Crippen LogP contribution in [0.1, 0.15) is 43.6 Å². The first-order valence-electron chi connectivity index (χ1n) is 7.27. The van der Waals surface area contributed by atoms with Crippen LogP contribution in [-0.4, -0.2) is 26.0 Å². The van der Waals surface area contributed by atoms with Crippen LogP contribution in [-0.2, 0) is 16.6 Å². The number of rotatable bonds is 6. The summed E-state index contributed by atoms with van der Waals surface area (Å²) in [7, 11) is -3.54. The largest absolute Gasteiger partial charge is 0.464 e. The van der Waals surface area contributed by atoms with Gasteiger partial charge in [0.1, 0.15) is 16.4 Å². The molecule has 1 aliphatic carbocycles. The fourth-order valence-corrected chi connectivity index (χ4v) is 5.18. The van der Waals surface area contributed by atoms with Crippen LogP contribution in [0.2, 0.25) is 0 Å². The molecule has 2 rings (SSSR count). The lowest BCUT2D eigenvalue weighted by Crippen LogP contribution is -2.41. The molecule has 21 heavy (non-hydrogen) atoms. The van der Waals surface area contributed by atoms with Crippen molar-refractivity contribution in [3.63, 3.8) is 0 Å². The molecule has 0 amide bonds. The van der Waals surface area contributed by atoms with Gasteiger partial charge in [-0.3, -0.25) is 0 Å². The maximum Gasteiger partial charge on any atom is 0.244 e. The lowest BCUT2D eigenvalue weighted by Gasteiger charge is -2.35. The Bertz CT molecular complexity index is 575. The Morgan fingerprint density at radius 2 is 2.05 bits per heavy atom. The molecule has 0 saturated heterocycles. The summed E-state index contributed by atoms with van der Waals surface area (Å²) in [5.41, 5.74) is 5.50. The predicted molar refractivity (Wildman–Crippen MR) is 85.9 cm³/mol. The summed E-state index contributed by atoms with van der Waals surface area (Å²) in [6, 6.07) is 1.52. The average molecular weight is 332 g/mol. The number of hydrogen-bond acceptors (Lipinski definition) is 5. The van der Waals surface area contributed by atoms with Crippen LogP contribution in [0.4, 0.5) is 0 Å². The van der Waals surface area contributed by atoms with E-state index in [1.165, 1.54) is 25.3 Å². The second kappa shape index (κ2) is 6.73. The van der Waals surface area contributed by atoms with Gasteiger partial charge in [-0.2, -0.15) is 11.8 Å². The number of nitrogens with two attached hydrogens (primary N) is 1. The first kappa shape index (κ1) is 16.9. The third kappa shape index (κ3) is 3.83. The maximum absolute atomic E-state index is 12.5. The number of hydrogen-bond donors (Lipinski definition) is 2. The zero-order chi connectivity index (χ0) is 15.5. The number of nitrogens with one attached hydrogen (secondary N) is 1. The van der Waals surface area contributed by atoms with Crippen molar-refractivity contribution in [2.45, 2.75) is 55.2 Å². The number of furan rings is 1. The minimum Gasteiger partial charge on any atom is -0.464 e. The molecule has 0 aliphatic heterocycles. The van der Waals surface area contributed by atoms with E-state index < -0.39 is 10.0 Å². The van der Waals surface area contributed by atoms with Gasteiger partial charge >= 0.3 is 0 Å². The van der Waals surface area contributed by atoms with E-state index in [-0.39, 0.29) is 16.2 Å². The van der Waals surface area contributed by atoms with E-state index in [1.807, 2.05) is 0 Å². The maximum atomic E-state index is 12.5. The second-order valence-electron chi connectivity index (χ2n) is 5.61. The Morgan fingerprint density at radius 1 is 1.38 bits per heavy atom. The SMILES string of the molecule is CSC1(CNS(=O)(=O)c2cc(CN)oc2C)CCCCC1. The van der Waals surface area contributed by atoms with Crippen molar-refractivity contribution < 1.29 is 12.8 Å². The highest BCUT2D eigenvalue weighted by Gasteiger charge is 2.33. The summed E-state index contributed by atoms with van der Waals surface area (Å²) >= 11 is 1.77. The quantitative estimate of drug-likeness (QED) is 0.835. The molecule has 0 aromatic carbocycles. The van der Waals surface area contributed by atoms with Crippen molar-refractivity contribution in [2.75, 3.05) is 12.8 Å². The van der Waals surface area contributed by atoms with E-state index in [9.17, 15) is 8.42 Å². The minimum absolute atomic E-state index is 0.0274. The summed E-state index contributed by atoms with van der Waals surface area (Å²) in [4.78, 5) is 0.204. The van der Waals surface area contributed by atoms with Crippen molar-refractivity contribution >= 4 is 21.8 Å². The Hall–Kier alpha value is -0.500. The van der Waals surface area contributed by atoms with Crippen molar-refractivity contribution in [2.24, 2.45) is 5.73 Å². The summed E-state index contributed by atoms with van der Waals surface area (Å²) in [5, 5.41) is 0. The first-order chi connectivity index (χ1) is 9.92. The number of aryl methyl sites for hydroxylation is 1. The normalized spacial score (nSPS) is 18.8. The van der Waals surface area contributed by atoms with Crippen LogP contribution in [0.3, 0.4) is 0 Å². The molecule has 1 fully saturated rings. The topological polar surface area (TPSA) is 85.3 Å². The molecule has 7 heteroatoms. The smallest absolute Gasteiger partial charge is 0.244 e. The van der Waals surface area contributed by atoms with Gasteiger partial charge in [0.2, 0.25) is 10.0 Å². The molecular weight excluding hydrogens is 308 g/mol. The third-order valence-electron chi connectivity index (χ3n) is 4.20. The van der Waals surface area contributed by atoms with Gasteiger partial charge in [-0.1, -0.05) is 19.3 Å². The van der Waals surface area contributed by atoms with Gasteiger partial charge in [0.15, 0.2) is 0 Å². The van der Waals surface area contributed by atoms with E-state index >= 15 is 0 Å². The van der Waals surface area contributed by atoms with Crippen LogP contribution in [0.5, 0.6) is 0 Å². The molecule has 0 unspecified atom stereocenters. The zero-order valence-corrected chi connectivity index (χ0v) is 14.3. The lowest BCUT2D eigenvalue weighted by atomic mass is 9.88. The molecule has 0 spiro atoms. The molecular formula is C14H24N2O3S2. The van der Waals surface area contributed by atoms with Crippen LogP contribution in [0.15, 0.2) is 15.4 Å². The van der Waals surface area contributed by atoms with Gasteiger partial charge in [0, 0.05) is 17.4 Å². The highest BCUT2D eigenvalue weighted by atomic mass is 32.2. The molecule has 1 aliphatic rings. The van der Waals surface area contributed by atoms with Gasteiger partial charge in [0.05, 0.1) is 6.54 Å². The molecule has 1 aromatic heterocycles. The van der Waals surface area contributed by atoms with Gasteiger partial charge in [-0.05, 0) is 26.0 Å². The molecule has 1 aromatic rings. The Morgan fingerprint density at radius 3 is 2.57 bits per heavy atom. The predicted octanol–water partition coefficient (Wildman–Crippen LogP) is 2.39. The van der Waals surface area contributed by atoms with Gasteiger partial charge in [-0.15, -0.1) is 0 Å². The van der Waals surface area contributed by atoms with E-state index in [1.54, 1.807) is 18.7 Å². The molecule has 1 saturated carbocycles. The Labute approximate surface area is 131 Å². The van der Waals surface area contributed by atoms with Gasteiger partial charge < -0.3 is 10.2 Å². The third-order valence-corrected chi connectivity index (χ3v) is 7.12. The van der Waals surface area contributed by atoms with Crippen molar-refractivity contribution in [1.82, 2.24) is 4.72 Å². The van der Waals surface area contributed by atoms with Gasteiger partial charge in [0.25, 0.3) is 0 Å². The summed E-state index contributed by atoms with van der Waals surface area (Å²) < 4.78 is 33.1.